The lowest BCUT2D eigenvalue weighted by atomic mass is 10.2. The zero-order valence-electron chi connectivity index (χ0n) is 13.1. The van der Waals surface area contributed by atoms with Crippen LogP contribution in [0.3, 0.4) is 0 Å². The summed E-state index contributed by atoms with van der Waals surface area (Å²) in [5.74, 6) is 0.972. The van der Waals surface area contributed by atoms with Crippen molar-refractivity contribution >= 4 is 5.91 Å². The number of hydrogen-bond donors (Lipinski definition) is 1. The Kier molecular flexibility index (Phi) is 4.61. The van der Waals surface area contributed by atoms with Gasteiger partial charge in [0.25, 0.3) is 5.91 Å². The first-order valence-electron chi connectivity index (χ1n) is 7.46. The quantitative estimate of drug-likeness (QED) is 0.754. The van der Waals surface area contributed by atoms with Crippen LogP contribution in [0.5, 0.6) is 11.5 Å². The van der Waals surface area contributed by atoms with E-state index in [1.807, 2.05) is 19.1 Å². The highest BCUT2D eigenvalue weighted by atomic mass is 19.1. The van der Waals surface area contributed by atoms with Crippen molar-refractivity contribution in [3.63, 3.8) is 0 Å². The van der Waals surface area contributed by atoms with Crippen molar-refractivity contribution in [3.8, 4) is 11.5 Å². The summed E-state index contributed by atoms with van der Waals surface area (Å²) >= 11 is 0. The Morgan fingerprint density at radius 3 is 2.25 bits per heavy atom. The molecule has 0 bridgehead atoms. The minimum Gasteiger partial charge on any atom is -0.459 e. The molecule has 0 saturated carbocycles. The molecule has 4 nitrogen and oxygen atoms in total. The van der Waals surface area contributed by atoms with Gasteiger partial charge in [-0.25, -0.2) is 4.39 Å². The Labute approximate surface area is 138 Å². The fraction of sp³-hybridized carbons (Fsp3) is 0.105. The van der Waals surface area contributed by atoms with Crippen LogP contribution in [0, 0.1) is 12.7 Å². The van der Waals surface area contributed by atoms with Gasteiger partial charge in [-0.3, -0.25) is 4.79 Å². The second-order valence-electron chi connectivity index (χ2n) is 5.32. The molecule has 5 heteroatoms. The van der Waals surface area contributed by atoms with Crippen molar-refractivity contribution in [1.82, 2.24) is 5.32 Å². The van der Waals surface area contributed by atoms with Gasteiger partial charge in [-0.1, -0.05) is 12.1 Å². The molecule has 1 heterocycles. The second kappa shape index (κ2) is 7.00. The van der Waals surface area contributed by atoms with Gasteiger partial charge in [0, 0.05) is 12.1 Å². The van der Waals surface area contributed by atoms with Crippen LogP contribution >= 0.6 is 0 Å². The molecule has 3 rings (SSSR count). The van der Waals surface area contributed by atoms with Crippen LogP contribution in [0.15, 0.2) is 65.3 Å². The molecule has 0 fully saturated rings. The van der Waals surface area contributed by atoms with Crippen LogP contribution in [0.25, 0.3) is 0 Å². The van der Waals surface area contributed by atoms with Crippen molar-refractivity contribution in [2.75, 3.05) is 0 Å². The maximum atomic E-state index is 12.9. The van der Waals surface area contributed by atoms with Gasteiger partial charge in [0.2, 0.25) is 0 Å². The molecule has 0 spiro atoms. The van der Waals surface area contributed by atoms with E-state index >= 15 is 0 Å². The summed E-state index contributed by atoms with van der Waals surface area (Å²) in [5, 5.41) is 2.80. The average Bonchev–Trinajstić information content (AvgIpc) is 3.02. The van der Waals surface area contributed by atoms with Gasteiger partial charge in [0.15, 0.2) is 5.76 Å². The van der Waals surface area contributed by atoms with Gasteiger partial charge in [0.1, 0.15) is 17.3 Å². The van der Waals surface area contributed by atoms with Crippen LogP contribution in [0.1, 0.15) is 21.7 Å². The van der Waals surface area contributed by atoms with E-state index in [0.29, 0.717) is 23.8 Å². The van der Waals surface area contributed by atoms with Crippen molar-refractivity contribution in [3.05, 3.63) is 83.6 Å². The topological polar surface area (TPSA) is 51.5 Å². The van der Waals surface area contributed by atoms with Crippen LogP contribution < -0.4 is 10.1 Å². The highest BCUT2D eigenvalue weighted by Crippen LogP contribution is 2.21. The van der Waals surface area contributed by atoms with Crippen molar-refractivity contribution in [2.24, 2.45) is 0 Å². The number of carbonyl (C=O) groups excluding carboxylic acids is 1. The molecule has 0 aliphatic heterocycles. The van der Waals surface area contributed by atoms with Gasteiger partial charge < -0.3 is 14.5 Å². The molecule has 0 unspecified atom stereocenters. The average molecular weight is 325 g/mol. The molecule has 3 aromatic rings. The molecule has 1 aromatic heterocycles. The fourth-order valence-corrected chi connectivity index (χ4v) is 2.18. The molecule has 0 aliphatic rings. The summed E-state index contributed by atoms with van der Waals surface area (Å²) in [5.41, 5.74) is 1.73. The van der Waals surface area contributed by atoms with E-state index in [1.165, 1.54) is 18.4 Å². The molecule has 2 aromatic carbocycles. The maximum Gasteiger partial charge on any atom is 0.287 e. The van der Waals surface area contributed by atoms with Gasteiger partial charge in [-0.05, 0) is 55.0 Å². The van der Waals surface area contributed by atoms with E-state index in [1.54, 1.807) is 30.3 Å². The number of halogens is 1. The molecule has 24 heavy (non-hydrogen) atoms. The summed E-state index contributed by atoms with van der Waals surface area (Å²) in [4.78, 5) is 12.0. The smallest absolute Gasteiger partial charge is 0.287 e. The maximum absolute atomic E-state index is 12.9. The number of furan rings is 1. The minimum absolute atomic E-state index is 0.246. The molecular weight excluding hydrogens is 309 g/mol. The summed E-state index contributed by atoms with van der Waals surface area (Å²) in [6.45, 7) is 2.20. The molecule has 1 N–H and O–H groups in total. The Morgan fingerprint density at radius 2 is 1.67 bits per heavy atom. The first-order valence-corrected chi connectivity index (χ1v) is 7.46. The van der Waals surface area contributed by atoms with Gasteiger partial charge >= 0.3 is 0 Å². The zero-order valence-corrected chi connectivity index (χ0v) is 13.1. The van der Waals surface area contributed by atoms with Crippen LogP contribution in [-0.2, 0) is 6.54 Å². The Bertz CT molecular complexity index is 823. The number of carbonyl (C=O) groups is 1. The van der Waals surface area contributed by atoms with E-state index in [-0.39, 0.29) is 11.7 Å². The number of benzene rings is 2. The predicted octanol–water partition coefficient (Wildman–Crippen LogP) is 4.45. The number of amides is 1. The van der Waals surface area contributed by atoms with E-state index in [0.717, 1.165) is 11.1 Å². The first-order chi connectivity index (χ1) is 11.6. The van der Waals surface area contributed by atoms with Gasteiger partial charge in [0.05, 0.1) is 6.26 Å². The lowest BCUT2D eigenvalue weighted by molar-refractivity contribution is 0.0922. The third-order valence-corrected chi connectivity index (χ3v) is 3.49. The first kappa shape index (κ1) is 15.8. The van der Waals surface area contributed by atoms with Crippen molar-refractivity contribution < 1.29 is 18.3 Å². The van der Waals surface area contributed by atoms with Crippen molar-refractivity contribution in [1.29, 1.82) is 0 Å². The van der Waals surface area contributed by atoms with Crippen LogP contribution in [-0.4, -0.2) is 5.91 Å². The zero-order chi connectivity index (χ0) is 16.9. The fourth-order valence-electron chi connectivity index (χ4n) is 2.18. The summed E-state index contributed by atoms with van der Waals surface area (Å²) in [7, 11) is 0. The Morgan fingerprint density at radius 1 is 1.04 bits per heavy atom. The van der Waals surface area contributed by atoms with Crippen molar-refractivity contribution in [2.45, 2.75) is 13.5 Å². The SMILES string of the molecule is Cc1ccoc1C(=O)NCc1ccc(Oc2ccc(F)cc2)cc1. The number of rotatable bonds is 5. The highest BCUT2D eigenvalue weighted by Gasteiger charge is 2.11. The number of hydrogen-bond acceptors (Lipinski definition) is 3. The molecule has 0 saturated heterocycles. The lowest BCUT2D eigenvalue weighted by Gasteiger charge is -2.08. The monoisotopic (exact) mass is 325 g/mol. The minimum atomic E-state index is -0.305. The predicted molar refractivity (Wildman–Crippen MR) is 87.5 cm³/mol. The number of aryl methyl sites for hydroxylation is 1. The Hall–Kier alpha value is -3.08. The molecular formula is C19H16FNO3. The Balaban J connectivity index is 1.57. The standard InChI is InChI=1S/C19H16FNO3/c1-13-10-11-23-18(13)19(22)21-12-14-2-6-16(7-3-14)24-17-8-4-15(20)5-9-17/h2-11H,12H2,1H3,(H,21,22). The van der Waals surface area contributed by atoms with E-state index < -0.39 is 0 Å². The summed E-state index contributed by atoms with van der Waals surface area (Å²) in [6.07, 6.45) is 1.49. The lowest BCUT2D eigenvalue weighted by Crippen LogP contribution is -2.22. The van der Waals surface area contributed by atoms with E-state index in [4.69, 9.17) is 9.15 Å². The summed E-state index contributed by atoms with van der Waals surface area (Å²) < 4.78 is 23.6. The third kappa shape index (κ3) is 3.81. The molecule has 0 radical (unpaired) electrons. The van der Waals surface area contributed by atoms with Gasteiger partial charge in [-0.2, -0.15) is 0 Å². The normalized spacial score (nSPS) is 10.4. The number of ether oxygens (including phenoxy) is 1. The summed E-state index contributed by atoms with van der Waals surface area (Å²) in [6, 6.07) is 14.9. The van der Waals surface area contributed by atoms with E-state index in [2.05, 4.69) is 5.32 Å². The number of nitrogens with one attached hydrogen (secondary N) is 1. The second-order valence-corrected chi connectivity index (χ2v) is 5.32. The van der Waals surface area contributed by atoms with Crippen LogP contribution in [0.2, 0.25) is 0 Å². The highest BCUT2D eigenvalue weighted by molar-refractivity contribution is 5.92. The van der Waals surface area contributed by atoms with E-state index in [9.17, 15) is 9.18 Å². The molecule has 0 atom stereocenters. The third-order valence-electron chi connectivity index (χ3n) is 3.49. The largest absolute Gasteiger partial charge is 0.459 e. The van der Waals surface area contributed by atoms with Crippen LogP contribution in [0.4, 0.5) is 4.39 Å². The molecule has 1 amide bonds. The molecule has 122 valence electrons. The molecule has 0 aliphatic carbocycles. The van der Waals surface area contributed by atoms with Gasteiger partial charge in [-0.15, -0.1) is 0 Å².